The average Bonchev–Trinajstić information content (AvgIpc) is 2.87. The molecule has 3 rings (SSSR count). The molecule has 0 spiro atoms. The maximum atomic E-state index is 11.5. The van der Waals surface area contributed by atoms with Crippen LogP contribution in [-0.4, -0.2) is 164 Å². The normalized spacial score (nSPS) is 49.0. The lowest BCUT2D eigenvalue weighted by Gasteiger charge is -2.48. The van der Waals surface area contributed by atoms with E-state index >= 15 is 0 Å². The molecule has 37 heavy (non-hydrogen) atoms. The summed E-state index contributed by atoms with van der Waals surface area (Å²) in [4.78, 5) is 11.5. The third-order valence-electron chi connectivity index (χ3n) is 6.57. The second kappa shape index (κ2) is 12.8. The number of rotatable bonds is 8. The first kappa shape index (κ1) is 30.4. The van der Waals surface area contributed by atoms with Gasteiger partial charge in [0, 0.05) is 6.92 Å². The van der Waals surface area contributed by atoms with Crippen LogP contribution in [0, 0.1) is 0 Å². The smallest absolute Gasteiger partial charge is 0.217 e. The molecule has 1 unspecified atom stereocenters. The van der Waals surface area contributed by atoms with E-state index in [1.807, 2.05) is 0 Å². The molecule has 3 aliphatic rings. The van der Waals surface area contributed by atoms with Crippen LogP contribution in [0.5, 0.6) is 0 Å². The lowest BCUT2D eigenvalue weighted by Crippen LogP contribution is -2.69. The van der Waals surface area contributed by atoms with Crippen LogP contribution >= 0.6 is 0 Å². The minimum Gasteiger partial charge on any atom is -0.394 e. The molecule has 12 N–H and O–H groups in total. The molecule has 0 aliphatic carbocycles. The number of ether oxygens (including phenoxy) is 5. The van der Waals surface area contributed by atoms with Crippen LogP contribution in [0.25, 0.3) is 0 Å². The Morgan fingerprint density at radius 2 is 1.24 bits per heavy atom. The van der Waals surface area contributed by atoms with Crippen molar-refractivity contribution in [3.8, 4) is 0 Å². The van der Waals surface area contributed by atoms with Crippen LogP contribution in [-0.2, 0) is 28.5 Å². The maximum absolute atomic E-state index is 11.5. The van der Waals surface area contributed by atoms with Crippen molar-refractivity contribution in [1.29, 1.82) is 0 Å². The molecule has 3 heterocycles. The Labute approximate surface area is 210 Å². The number of aliphatic hydroxyl groups excluding tert-OH is 9. The first-order valence-corrected chi connectivity index (χ1v) is 11.7. The molecule has 0 aromatic heterocycles. The van der Waals surface area contributed by atoms with Crippen LogP contribution in [0.2, 0.25) is 0 Å². The zero-order valence-corrected chi connectivity index (χ0v) is 19.8. The second-order valence-electron chi connectivity index (χ2n) is 9.16. The van der Waals surface area contributed by atoms with Gasteiger partial charge in [0.25, 0.3) is 0 Å². The van der Waals surface area contributed by atoms with Crippen molar-refractivity contribution < 1.29 is 74.4 Å². The van der Waals surface area contributed by atoms with Crippen molar-refractivity contribution in [2.75, 3.05) is 19.8 Å². The second-order valence-corrected chi connectivity index (χ2v) is 9.16. The third kappa shape index (κ3) is 6.38. The number of hydrogen-bond donors (Lipinski definition) is 11. The predicted molar refractivity (Wildman–Crippen MR) is 115 cm³/mol. The monoisotopic (exact) mass is 544 g/mol. The molecule has 17 nitrogen and oxygen atoms in total. The standard InChI is InChI=1S/C20H36N2O15/c1-5(26)22-10-13(29)17(7(3-24)33-18(10)32)36-19-9(21)12(28)16(8(4-25)35-19)37-20-15(31)14(30)11(27)6(2-23)34-20/h6-20,23-25,27-32H,2-4,21H2,1H3,(H,22,26)/t6-,7-,8-,9-,10-,11+,12-,13-,14+,15-,16-,17-,18?,19+,20+/m1/s1. The molecule has 0 aromatic rings. The van der Waals surface area contributed by atoms with Gasteiger partial charge in [-0.25, -0.2) is 0 Å². The fourth-order valence-electron chi connectivity index (χ4n) is 4.51. The quantitative estimate of drug-likeness (QED) is 0.135. The fraction of sp³-hybridized carbons (Fsp3) is 0.950. The fourth-order valence-corrected chi connectivity index (χ4v) is 4.51. The van der Waals surface area contributed by atoms with Gasteiger partial charge in [-0.05, 0) is 0 Å². The molecule has 0 saturated carbocycles. The van der Waals surface area contributed by atoms with Gasteiger partial charge in [-0.15, -0.1) is 0 Å². The average molecular weight is 545 g/mol. The van der Waals surface area contributed by atoms with E-state index in [1.54, 1.807) is 0 Å². The molecule has 17 heteroatoms. The first-order chi connectivity index (χ1) is 17.4. The van der Waals surface area contributed by atoms with Crippen LogP contribution in [0.3, 0.4) is 0 Å². The molecule has 3 fully saturated rings. The van der Waals surface area contributed by atoms with E-state index in [1.165, 1.54) is 0 Å². The zero-order chi connectivity index (χ0) is 27.6. The maximum Gasteiger partial charge on any atom is 0.217 e. The third-order valence-corrected chi connectivity index (χ3v) is 6.57. The van der Waals surface area contributed by atoms with Gasteiger partial charge in [-0.3, -0.25) is 4.79 Å². The van der Waals surface area contributed by atoms with E-state index in [0.29, 0.717) is 0 Å². The van der Waals surface area contributed by atoms with E-state index in [0.717, 1.165) is 6.92 Å². The van der Waals surface area contributed by atoms with Crippen molar-refractivity contribution in [2.45, 2.75) is 98.9 Å². The highest BCUT2D eigenvalue weighted by molar-refractivity contribution is 5.73. The number of aliphatic hydroxyl groups is 9. The van der Waals surface area contributed by atoms with E-state index in [9.17, 15) is 50.8 Å². The van der Waals surface area contributed by atoms with Gasteiger partial charge >= 0.3 is 0 Å². The van der Waals surface area contributed by atoms with E-state index in [-0.39, 0.29) is 0 Å². The molecule has 0 radical (unpaired) electrons. The summed E-state index contributed by atoms with van der Waals surface area (Å²) in [5.74, 6) is -0.595. The van der Waals surface area contributed by atoms with Gasteiger partial charge in [0.1, 0.15) is 67.1 Å². The van der Waals surface area contributed by atoms with Crippen molar-refractivity contribution in [3.05, 3.63) is 0 Å². The molecule has 3 aliphatic heterocycles. The number of carbonyl (C=O) groups is 1. The Morgan fingerprint density at radius 1 is 0.730 bits per heavy atom. The first-order valence-electron chi connectivity index (χ1n) is 11.7. The van der Waals surface area contributed by atoms with Crippen LogP contribution in [0.1, 0.15) is 6.92 Å². The van der Waals surface area contributed by atoms with Crippen LogP contribution < -0.4 is 11.1 Å². The Hall–Kier alpha value is -1.13. The summed E-state index contributed by atoms with van der Waals surface area (Å²) in [6.07, 6.45) is -20.2. The Morgan fingerprint density at radius 3 is 1.81 bits per heavy atom. The minimum absolute atomic E-state index is 0.595. The Kier molecular flexibility index (Phi) is 10.5. The molecule has 0 aromatic carbocycles. The highest BCUT2D eigenvalue weighted by Gasteiger charge is 2.53. The van der Waals surface area contributed by atoms with Gasteiger partial charge in [-0.1, -0.05) is 0 Å². The highest BCUT2D eigenvalue weighted by Crippen LogP contribution is 2.31. The zero-order valence-electron chi connectivity index (χ0n) is 19.8. The molecular weight excluding hydrogens is 508 g/mol. The highest BCUT2D eigenvalue weighted by atomic mass is 16.7. The Balaban J connectivity index is 1.74. The summed E-state index contributed by atoms with van der Waals surface area (Å²) in [6.45, 7) is -1.07. The summed E-state index contributed by atoms with van der Waals surface area (Å²) in [5, 5.41) is 92.9. The Bertz CT molecular complexity index is 747. The number of carbonyl (C=O) groups excluding carboxylic acids is 1. The minimum atomic E-state index is -1.80. The lowest BCUT2D eigenvalue weighted by atomic mass is 9.94. The number of hydrogen-bond acceptors (Lipinski definition) is 16. The molecule has 216 valence electrons. The molecule has 0 bridgehead atoms. The van der Waals surface area contributed by atoms with Crippen molar-refractivity contribution >= 4 is 5.91 Å². The van der Waals surface area contributed by atoms with Gasteiger partial charge in [0.15, 0.2) is 18.9 Å². The number of nitrogens with two attached hydrogens (primary N) is 1. The molecule has 3 saturated heterocycles. The van der Waals surface area contributed by atoms with Crippen molar-refractivity contribution in [3.63, 3.8) is 0 Å². The molecule has 1 amide bonds. The van der Waals surface area contributed by atoms with Crippen LogP contribution in [0.4, 0.5) is 0 Å². The molecule has 15 atom stereocenters. The van der Waals surface area contributed by atoms with Gasteiger partial charge in [0.2, 0.25) is 5.91 Å². The van der Waals surface area contributed by atoms with E-state index < -0.39 is 118 Å². The van der Waals surface area contributed by atoms with E-state index in [2.05, 4.69) is 5.32 Å². The summed E-state index contributed by atoms with van der Waals surface area (Å²) >= 11 is 0. The summed E-state index contributed by atoms with van der Waals surface area (Å²) in [6, 6.07) is -2.76. The summed E-state index contributed by atoms with van der Waals surface area (Å²) in [7, 11) is 0. The van der Waals surface area contributed by atoms with Gasteiger partial charge < -0.3 is 80.7 Å². The van der Waals surface area contributed by atoms with Gasteiger partial charge in [0.05, 0.1) is 25.9 Å². The largest absolute Gasteiger partial charge is 0.394 e. The van der Waals surface area contributed by atoms with Gasteiger partial charge in [-0.2, -0.15) is 0 Å². The van der Waals surface area contributed by atoms with E-state index in [4.69, 9.17) is 29.4 Å². The SMILES string of the molecule is CC(=O)N[C@H]1C(O)O[C@H](CO)[C@@H](O[C@@H]2O[C@H](CO)[C@@H](O[C@@H]3O[C@H](CO)[C@H](O)[C@H](O)[C@H]3O)[C@H](O)[C@H]2N)[C@@H]1O. The predicted octanol–water partition coefficient (Wildman–Crippen LogP) is -7.46. The lowest BCUT2D eigenvalue weighted by molar-refractivity contribution is -0.359. The number of nitrogens with one attached hydrogen (secondary N) is 1. The van der Waals surface area contributed by atoms with Crippen molar-refractivity contribution in [1.82, 2.24) is 5.32 Å². The topological polar surface area (TPSA) is 283 Å². The van der Waals surface area contributed by atoms with Crippen LogP contribution in [0.15, 0.2) is 0 Å². The molecular formula is C20H36N2O15. The summed E-state index contributed by atoms with van der Waals surface area (Å²) < 4.78 is 27.3. The number of amides is 1. The summed E-state index contributed by atoms with van der Waals surface area (Å²) in [5.41, 5.74) is 6.07. The van der Waals surface area contributed by atoms with Crippen molar-refractivity contribution in [2.24, 2.45) is 5.73 Å².